The fourth-order valence-electron chi connectivity index (χ4n) is 3.91. The summed E-state index contributed by atoms with van der Waals surface area (Å²) in [6, 6.07) is 16.7. The maximum Gasteiger partial charge on any atom is 0.295 e. The molecule has 2 amide bonds. The van der Waals surface area contributed by atoms with Crippen molar-refractivity contribution in [2.45, 2.75) is 25.8 Å². The van der Waals surface area contributed by atoms with Gasteiger partial charge in [0.25, 0.3) is 5.56 Å². The van der Waals surface area contributed by atoms with E-state index in [1.165, 1.54) is 16.4 Å². The van der Waals surface area contributed by atoms with Crippen molar-refractivity contribution in [2.75, 3.05) is 16.8 Å². The molecule has 34 heavy (non-hydrogen) atoms. The molecule has 7 nitrogen and oxygen atoms in total. The van der Waals surface area contributed by atoms with Crippen LogP contribution in [-0.2, 0) is 16.6 Å². The number of carbonyl (C=O) groups excluding carboxylic acids is 2. The van der Waals surface area contributed by atoms with Gasteiger partial charge in [0, 0.05) is 12.1 Å². The van der Waals surface area contributed by atoms with Crippen molar-refractivity contribution in [3.05, 3.63) is 81.2 Å². The normalized spacial score (nSPS) is 14.0. The zero-order valence-electron chi connectivity index (χ0n) is 19.1. The van der Waals surface area contributed by atoms with Crippen molar-refractivity contribution >= 4 is 40.9 Å². The fourth-order valence-corrected chi connectivity index (χ4v) is 4.67. The van der Waals surface area contributed by atoms with Gasteiger partial charge in [-0.15, -0.1) is 11.8 Å². The number of halogens is 1. The molecule has 3 aromatic rings. The third-order valence-electron chi connectivity index (χ3n) is 5.92. The largest absolute Gasteiger partial charge is 0.348 e. The molecule has 9 heteroatoms. The fraction of sp³-hybridized carbons (Fsp3) is 0.320. The Balaban J connectivity index is 1.32. The summed E-state index contributed by atoms with van der Waals surface area (Å²) >= 11 is 7.20. The van der Waals surface area contributed by atoms with Crippen LogP contribution in [0.25, 0.3) is 5.69 Å². The Labute approximate surface area is 207 Å². The second kappa shape index (κ2) is 10.5. The molecule has 0 radical (unpaired) electrons. The predicted molar refractivity (Wildman–Crippen MR) is 137 cm³/mol. The topological polar surface area (TPSA) is 85.1 Å². The second-order valence-electron chi connectivity index (χ2n) is 8.41. The molecule has 0 aliphatic heterocycles. The molecule has 4 rings (SSSR count). The quantitative estimate of drug-likeness (QED) is 0.465. The zero-order chi connectivity index (χ0) is 24.2. The number of aromatic nitrogens is 2. The Morgan fingerprint density at radius 3 is 2.35 bits per heavy atom. The van der Waals surface area contributed by atoms with Crippen molar-refractivity contribution in [2.24, 2.45) is 13.0 Å². The first-order valence-corrected chi connectivity index (χ1v) is 12.6. The number of rotatable bonds is 9. The molecule has 1 fully saturated rings. The third kappa shape index (κ3) is 5.56. The lowest BCUT2D eigenvalue weighted by Gasteiger charge is -2.19. The van der Waals surface area contributed by atoms with Crippen molar-refractivity contribution in [3.63, 3.8) is 0 Å². The van der Waals surface area contributed by atoms with Gasteiger partial charge in [-0.2, -0.15) is 0 Å². The van der Waals surface area contributed by atoms with Gasteiger partial charge in [-0.05, 0) is 55.5 Å². The molecule has 0 spiro atoms. The van der Waals surface area contributed by atoms with Gasteiger partial charge < -0.3 is 10.6 Å². The lowest BCUT2D eigenvalue weighted by atomic mass is 10.0. The van der Waals surface area contributed by atoms with Gasteiger partial charge in [-0.1, -0.05) is 41.9 Å². The van der Waals surface area contributed by atoms with Crippen molar-refractivity contribution in [1.82, 2.24) is 14.7 Å². The van der Waals surface area contributed by atoms with E-state index in [2.05, 4.69) is 10.6 Å². The standard InChI is InChI=1S/C25H27ClN4O3S/c1-16-23(25(33)30(29(16)2)20-6-4-3-5-7-20)27-21(31)14-34-15-22(32)28-24(17-8-9-17)18-10-12-19(26)13-11-18/h3-7,10-13,17,24H,8-9,14-15H2,1-2H3,(H,27,31)(H,28,32). The van der Waals surface area contributed by atoms with Gasteiger partial charge >= 0.3 is 0 Å². The highest BCUT2D eigenvalue weighted by atomic mass is 35.5. The van der Waals surface area contributed by atoms with Crippen LogP contribution >= 0.6 is 23.4 Å². The summed E-state index contributed by atoms with van der Waals surface area (Å²) in [6.07, 6.45) is 2.17. The smallest absolute Gasteiger partial charge is 0.295 e. The van der Waals surface area contributed by atoms with Gasteiger partial charge in [0.2, 0.25) is 11.8 Å². The number of benzene rings is 2. The van der Waals surface area contributed by atoms with E-state index < -0.39 is 0 Å². The molecule has 1 unspecified atom stereocenters. The highest BCUT2D eigenvalue weighted by Gasteiger charge is 2.33. The van der Waals surface area contributed by atoms with Gasteiger partial charge in [0.15, 0.2) is 0 Å². The highest BCUT2D eigenvalue weighted by Crippen LogP contribution is 2.41. The van der Waals surface area contributed by atoms with Crippen LogP contribution in [0.4, 0.5) is 5.69 Å². The van der Waals surface area contributed by atoms with Crippen molar-refractivity contribution in [3.8, 4) is 5.69 Å². The number of anilines is 1. The SMILES string of the molecule is Cc1c(NC(=O)CSCC(=O)NC(c2ccc(Cl)cc2)C2CC2)c(=O)n(-c2ccccc2)n1C. The molecule has 1 aliphatic carbocycles. The molecular formula is C25H27ClN4O3S. The molecule has 1 saturated carbocycles. The lowest BCUT2D eigenvalue weighted by Crippen LogP contribution is -2.31. The first-order valence-electron chi connectivity index (χ1n) is 11.1. The van der Waals surface area contributed by atoms with Crippen LogP contribution in [0.1, 0.15) is 30.1 Å². The minimum atomic E-state index is -0.319. The molecule has 2 aromatic carbocycles. The minimum absolute atomic E-state index is 0.0392. The van der Waals surface area contributed by atoms with Gasteiger partial charge in [0.05, 0.1) is 28.9 Å². The van der Waals surface area contributed by atoms with E-state index in [0.717, 1.165) is 24.1 Å². The molecule has 1 heterocycles. The van der Waals surface area contributed by atoms with Crippen LogP contribution < -0.4 is 16.2 Å². The summed E-state index contributed by atoms with van der Waals surface area (Å²) in [7, 11) is 1.77. The van der Waals surface area contributed by atoms with E-state index in [1.807, 2.05) is 54.6 Å². The second-order valence-corrected chi connectivity index (χ2v) is 9.83. The van der Waals surface area contributed by atoms with Crippen LogP contribution in [0, 0.1) is 12.8 Å². The van der Waals surface area contributed by atoms with Gasteiger partial charge in [-0.3, -0.25) is 19.1 Å². The van der Waals surface area contributed by atoms with E-state index in [0.29, 0.717) is 16.6 Å². The monoisotopic (exact) mass is 498 g/mol. The summed E-state index contributed by atoms with van der Waals surface area (Å²) in [6.45, 7) is 1.78. The number of para-hydroxylation sites is 1. The Bertz CT molecular complexity index is 1230. The average Bonchev–Trinajstić information content (AvgIpc) is 3.64. The van der Waals surface area contributed by atoms with Crippen LogP contribution in [0.2, 0.25) is 5.02 Å². The highest BCUT2D eigenvalue weighted by molar-refractivity contribution is 8.00. The molecule has 1 atom stereocenters. The first kappa shape index (κ1) is 24.2. The van der Waals surface area contributed by atoms with E-state index in [-0.39, 0.29) is 40.6 Å². The summed E-state index contributed by atoms with van der Waals surface area (Å²) in [5.41, 5.74) is 2.36. The summed E-state index contributed by atoms with van der Waals surface area (Å²) in [5.74, 6) is 0.229. The minimum Gasteiger partial charge on any atom is -0.348 e. The third-order valence-corrected chi connectivity index (χ3v) is 7.11. The Morgan fingerprint density at radius 2 is 1.71 bits per heavy atom. The van der Waals surface area contributed by atoms with Crippen molar-refractivity contribution < 1.29 is 9.59 Å². The number of amides is 2. The molecule has 1 aliphatic rings. The Hall–Kier alpha value is -2.97. The summed E-state index contributed by atoms with van der Waals surface area (Å²) < 4.78 is 3.23. The summed E-state index contributed by atoms with van der Waals surface area (Å²) in [4.78, 5) is 38.0. The lowest BCUT2D eigenvalue weighted by molar-refractivity contribution is -0.119. The van der Waals surface area contributed by atoms with E-state index >= 15 is 0 Å². The summed E-state index contributed by atoms with van der Waals surface area (Å²) in [5, 5.41) is 6.48. The molecular weight excluding hydrogens is 472 g/mol. The van der Waals surface area contributed by atoms with Gasteiger partial charge in [0.1, 0.15) is 5.69 Å². The average molecular weight is 499 g/mol. The van der Waals surface area contributed by atoms with Crippen LogP contribution in [-0.4, -0.2) is 32.7 Å². The zero-order valence-corrected chi connectivity index (χ0v) is 20.7. The molecule has 0 bridgehead atoms. The molecule has 0 saturated heterocycles. The predicted octanol–water partition coefficient (Wildman–Crippen LogP) is 4.08. The number of thioether (sulfide) groups is 1. The Morgan fingerprint density at radius 1 is 1.06 bits per heavy atom. The maximum absolute atomic E-state index is 12.9. The van der Waals surface area contributed by atoms with E-state index in [4.69, 9.17) is 11.6 Å². The number of nitrogens with zero attached hydrogens (tertiary/aromatic N) is 2. The number of hydrogen-bond acceptors (Lipinski definition) is 4. The van der Waals surface area contributed by atoms with Crippen molar-refractivity contribution in [1.29, 1.82) is 0 Å². The number of carbonyl (C=O) groups is 2. The number of nitrogens with one attached hydrogen (secondary N) is 2. The first-order chi connectivity index (χ1) is 16.3. The van der Waals surface area contributed by atoms with Gasteiger partial charge in [-0.25, -0.2) is 4.68 Å². The van der Waals surface area contributed by atoms with Crippen LogP contribution in [0.5, 0.6) is 0 Å². The molecule has 2 N–H and O–H groups in total. The number of hydrogen-bond donors (Lipinski definition) is 2. The van der Waals surface area contributed by atoms with Crippen LogP contribution in [0.15, 0.2) is 59.4 Å². The molecule has 178 valence electrons. The van der Waals surface area contributed by atoms with Crippen LogP contribution in [0.3, 0.4) is 0 Å². The van der Waals surface area contributed by atoms with E-state index in [1.54, 1.807) is 18.7 Å². The molecule has 1 aromatic heterocycles. The maximum atomic E-state index is 12.9. The van der Waals surface area contributed by atoms with E-state index in [9.17, 15) is 14.4 Å². The Kier molecular flexibility index (Phi) is 7.48.